The Kier molecular flexibility index (Phi) is 26.2. The highest BCUT2D eigenvalue weighted by molar-refractivity contribution is 7.17. The maximum atomic E-state index is 13.5. The van der Waals surface area contributed by atoms with Crippen LogP contribution in [-0.2, 0) is 107 Å². The van der Waals surface area contributed by atoms with Crippen LogP contribution in [0.5, 0.6) is 0 Å². The molecule has 0 saturated heterocycles. The lowest BCUT2D eigenvalue weighted by Gasteiger charge is -2.28. The molecule has 2 aliphatic carbocycles. The molecule has 606 valence electrons. The van der Waals surface area contributed by atoms with Crippen LogP contribution in [-0.4, -0.2) is 133 Å². The summed E-state index contributed by atoms with van der Waals surface area (Å²) in [4.78, 5) is 68.8. The van der Waals surface area contributed by atoms with Gasteiger partial charge in [0.2, 0.25) is 60.3 Å². The standard InChI is InChI=1S/C81H90N24O6S6/c1-103-63-33-31-54(105-38-35-56-53(17-13-19-64(56)105)44-68(109)87-80-99-93-74(116-80)25-11-10-24-73-92-98-79(115-73)86-67(108)43-52-16-12-18-59-55(52)34-37-82-59)45-58(63)60(101-103)36-39-111-47-83-76-95-89-70(112-76)20-6-7-21-75-94-100-81(117-75)88-69(110)46-61-57-42-51(30-32-62(57)104(2)102-61)50-28-26-49(27-29-50)41-66(107)85-78-97-91-72(114-78)23-9-8-22-71-90-96-77(113-71)84-65(106)40-48-14-4-3-5-15-48/h12-13,16-19,30-35,37-38,42,45,48-50,82H,3-11,14-15,20-29,36,39-41,43-44,46-47H2,1-2H3,(H,83,95)(H,84,96,106)(H,85,97,107)(H,86,98,108)(H,87,99,109)(H,88,100,110). The van der Waals surface area contributed by atoms with E-state index in [4.69, 9.17) is 14.9 Å². The van der Waals surface area contributed by atoms with Crippen molar-refractivity contribution in [1.82, 2.24) is 90.3 Å². The molecule has 10 heterocycles. The molecule has 0 aliphatic heterocycles. The van der Waals surface area contributed by atoms with Crippen molar-refractivity contribution >= 4 is 172 Å². The first-order valence-corrected chi connectivity index (χ1v) is 44.9. The van der Waals surface area contributed by atoms with Gasteiger partial charge in [-0.2, -0.15) is 10.2 Å². The minimum atomic E-state index is -0.203. The molecule has 0 atom stereocenters. The van der Waals surface area contributed by atoms with Crippen molar-refractivity contribution < 1.29 is 28.7 Å². The number of ether oxygens (including phenoxy) is 1. The van der Waals surface area contributed by atoms with Crippen molar-refractivity contribution in [3.8, 4) is 5.69 Å². The molecule has 2 saturated carbocycles. The summed E-state index contributed by atoms with van der Waals surface area (Å²) in [6, 6.07) is 28.7. The lowest BCUT2D eigenvalue weighted by Crippen LogP contribution is -2.20. The van der Waals surface area contributed by atoms with E-state index < -0.39 is 0 Å². The van der Waals surface area contributed by atoms with E-state index in [1.54, 1.807) is 0 Å². The quantitative estimate of drug-likeness (QED) is 0.0140. The van der Waals surface area contributed by atoms with Crippen molar-refractivity contribution in [1.29, 1.82) is 0 Å². The number of carbonyl (C=O) groups is 5. The number of aryl methyl sites for hydroxylation is 8. The molecule has 5 amide bonds. The van der Waals surface area contributed by atoms with Crippen molar-refractivity contribution in [3.63, 3.8) is 0 Å². The van der Waals surface area contributed by atoms with Gasteiger partial charge < -0.3 is 46.2 Å². The Morgan fingerprint density at radius 1 is 0.427 bits per heavy atom. The summed E-state index contributed by atoms with van der Waals surface area (Å²) in [5, 5.41) is 91.9. The second-order valence-electron chi connectivity index (χ2n) is 30.0. The monoisotopic (exact) mass is 1690 g/mol. The zero-order valence-corrected chi connectivity index (χ0v) is 69.9. The maximum Gasteiger partial charge on any atom is 0.232 e. The number of H-pyrrole nitrogens is 1. The number of aromatic nitrogens is 18. The summed E-state index contributed by atoms with van der Waals surface area (Å²) in [7, 11) is 3.85. The number of anilines is 6. The topological polar surface area (TPSA) is 378 Å². The molecule has 30 nitrogen and oxygen atoms in total. The predicted molar refractivity (Wildman–Crippen MR) is 459 cm³/mol. The molecule has 117 heavy (non-hydrogen) atoms. The first-order valence-electron chi connectivity index (χ1n) is 40.0. The van der Waals surface area contributed by atoms with Crippen LogP contribution in [0.3, 0.4) is 0 Å². The highest BCUT2D eigenvalue weighted by Crippen LogP contribution is 2.40. The lowest BCUT2D eigenvalue weighted by molar-refractivity contribution is -0.118. The highest BCUT2D eigenvalue weighted by atomic mass is 32.1. The molecular weight excluding hydrogens is 1600 g/mol. The van der Waals surface area contributed by atoms with E-state index in [9.17, 15) is 24.0 Å². The third kappa shape index (κ3) is 21.0. The molecule has 0 spiro atoms. The normalized spacial score (nSPS) is 14.6. The second kappa shape index (κ2) is 38.2. The maximum absolute atomic E-state index is 13.5. The number of nitrogens with one attached hydrogen (secondary N) is 7. The van der Waals surface area contributed by atoms with Gasteiger partial charge in [0.1, 0.15) is 36.8 Å². The highest BCUT2D eigenvalue weighted by Gasteiger charge is 2.28. The molecular formula is C81H90N24O6S6. The first-order chi connectivity index (χ1) is 57.2. The number of amides is 5. The Balaban J connectivity index is 0.416. The van der Waals surface area contributed by atoms with Crippen molar-refractivity contribution in [2.24, 2.45) is 25.9 Å². The van der Waals surface area contributed by atoms with Crippen molar-refractivity contribution in [2.45, 2.75) is 179 Å². The number of hydrogen-bond acceptors (Lipinski definition) is 27. The molecule has 0 bridgehead atoms. The Morgan fingerprint density at radius 3 is 1.44 bits per heavy atom. The fourth-order valence-corrected chi connectivity index (χ4v) is 20.5. The van der Waals surface area contributed by atoms with Crippen LogP contribution >= 0.6 is 68.0 Å². The number of rotatable bonds is 38. The average Bonchev–Trinajstić information content (AvgIpc) is 1.59. The lowest BCUT2D eigenvalue weighted by atomic mass is 9.77. The van der Waals surface area contributed by atoms with Crippen molar-refractivity contribution in [2.75, 3.05) is 45.2 Å². The molecule has 0 radical (unpaired) electrons. The van der Waals surface area contributed by atoms with Crippen LogP contribution in [0.25, 0.3) is 49.3 Å². The second-order valence-corrected chi connectivity index (χ2v) is 36.4. The molecule has 16 rings (SSSR count). The van der Waals surface area contributed by atoms with Crippen molar-refractivity contribution in [3.05, 3.63) is 155 Å². The Morgan fingerprint density at radius 2 is 0.889 bits per heavy atom. The Labute approximate surface area is 697 Å². The summed E-state index contributed by atoms with van der Waals surface area (Å²) in [5.41, 5.74) is 9.62. The number of benzene rings is 4. The third-order valence-corrected chi connectivity index (χ3v) is 27.0. The molecule has 10 aromatic heterocycles. The van der Waals surface area contributed by atoms with E-state index >= 15 is 0 Å². The Bertz CT molecular complexity index is 5790. The largest absolute Gasteiger partial charge is 0.361 e. The Hall–Kier alpha value is -10.6. The van der Waals surface area contributed by atoms with E-state index in [1.807, 2.05) is 72.3 Å². The van der Waals surface area contributed by atoms with E-state index in [2.05, 4.69) is 151 Å². The fourth-order valence-electron chi connectivity index (χ4n) is 15.7. The molecule has 0 unspecified atom stereocenters. The smallest absolute Gasteiger partial charge is 0.232 e. The number of fused-ring (bicyclic) bond motifs is 4. The van der Waals surface area contributed by atoms with Crippen LogP contribution in [0.4, 0.5) is 30.8 Å². The minimum Gasteiger partial charge on any atom is -0.361 e. The summed E-state index contributed by atoms with van der Waals surface area (Å²) >= 11 is 8.54. The zero-order valence-electron chi connectivity index (χ0n) is 65.0. The molecule has 4 aromatic carbocycles. The summed E-state index contributed by atoms with van der Waals surface area (Å²) < 4.78 is 11.9. The SMILES string of the molecule is Cn1nc(CCOCNc2nnc(CCCCc3nnc(NC(=O)Cc4nn(C)c5ccc(C6CCC(CC(=O)Nc7nnc(CCCCc8nnc(NC(=O)CC9CCCCC9)s8)s7)CC6)cc45)s3)s2)c2cc(-n3ccc4c(CC(=O)Nc5nnc(CCCCc6nnc(NC(=O)Cc7cccc8[nH]ccc78)s6)s5)cccc43)ccc21. The van der Waals surface area contributed by atoms with Crippen LogP contribution in [0.15, 0.2) is 97.3 Å². The van der Waals surface area contributed by atoms with Gasteiger partial charge in [-0.05, 0) is 166 Å². The number of carbonyl (C=O) groups excluding carboxylic acids is 5. The van der Waals surface area contributed by atoms with Gasteiger partial charge in [0.05, 0.1) is 53.8 Å². The summed E-state index contributed by atoms with van der Waals surface area (Å²) in [5.74, 6) is 0.591. The van der Waals surface area contributed by atoms with Gasteiger partial charge in [0.15, 0.2) is 0 Å². The molecule has 2 aliphatic rings. The minimum absolute atomic E-state index is 0.0319. The van der Waals surface area contributed by atoms with Crippen LogP contribution in [0.2, 0.25) is 0 Å². The molecule has 14 aromatic rings. The van der Waals surface area contributed by atoms with Gasteiger partial charge in [-0.1, -0.05) is 118 Å². The van der Waals surface area contributed by atoms with Crippen LogP contribution in [0.1, 0.15) is 173 Å². The van der Waals surface area contributed by atoms with Gasteiger partial charge in [0.25, 0.3) is 0 Å². The number of unbranched alkanes of at least 4 members (excludes halogenated alkanes) is 3. The molecule has 2 fully saturated rings. The zero-order chi connectivity index (χ0) is 80.0. The number of hydrogen-bond donors (Lipinski definition) is 7. The summed E-state index contributed by atoms with van der Waals surface area (Å²) in [6.07, 6.45) is 25.5. The van der Waals surface area contributed by atoms with Gasteiger partial charge in [-0.15, -0.1) is 61.2 Å². The van der Waals surface area contributed by atoms with E-state index in [0.29, 0.717) is 80.6 Å². The fraction of sp³-hybridized carbons (Fsp3) is 0.420. The average molecular weight is 1690 g/mol. The van der Waals surface area contributed by atoms with E-state index in [0.717, 1.165) is 205 Å². The van der Waals surface area contributed by atoms with E-state index in [1.165, 1.54) is 92.8 Å². The number of nitrogens with zero attached hydrogens (tertiary/aromatic N) is 17. The van der Waals surface area contributed by atoms with Gasteiger partial charge in [0, 0.05) is 117 Å². The summed E-state index contributed by atoms with van der Waals surface area (Å²) in [6.45, 7) is 0.699. The van der Waals surface area contributed by atoms with Gasteiger partial charge in [-0.3, -0.25) is 33.3 Å². The van der Waals surface area contributed by atoms with Gasteiger partial charge in [-0.25, -0.2) is 0 Å². The molecule has 36 heteroatoms. The van der Waals surface area contributed by atoms with Crippen LogP contribution in [0, 0.1) is 11.8 Å². The predicted octanol–water partition coefficient (Wildman–Crippen LogP) is 15.1. The van der Waals surface area contributed by atoms with E-state index in [-0.39, 0.29) is 61.4 Å². The first kappa shape index (κ1) is 80.2. The molecule has 7 N–H and O–H groups in total. The van der Waals surface area contributed by atoms with Gasteiger partial charge >= 0.3 is 0 Å². The third-order valence-electron chi connectivity index (χ3n) is 21.6. The van der Waals surface area contributed by atoms with Crippen LogP contribution < -0.4 is 31.9 Å². The number of aromatic amines is 1.